The standard InChI is InChI=1S/C14H17BrO2/c15-12-7-4-8-13(9-12)17-10-14(16)11-5-2-1-3-6-11/h4,7-9,11H,1-3,5-6,10H2. The summed E-state index contributed by atoms with van der Waals surface area (Å²) in [6, 6.07) is 7.60. The number of rotatable bonds is 4. The van der Waals surface area contributed by atoms with E-state index >= 15 is 0 Å². The SMILES string of the molecule is O=C(COc1cccc(Br)c1)C1CCCCC1. The Labute approximate surface area is 110 Å². The van der Waals surface area contributed by atoms with Crippen molar-refractivity contribution in [2.75, 3.05) is 6.61 Å². The molecular weight excluding hydrogens is 280 g/mol. The molecule has 1 fully saturated rings. The number of ether oxygens (including phenoxy) is 1. The third-order valence-electron chi connectivity index (χ3n) is 3.24. The number of carbonyl (C=O) groups excluding carboxylic acids is 1. The monoisotopic (exact) mass is 296 g/mol. The predicted octanol–water partition coefficient (Wildman–Crippen LogP) is 3.98. The summed E-state index contributed by atoms with van der Waals surface area (Å²) in [5.41, 5.74) is 0. The van der Waals surface area contributed by atoms with Gasteiger partial charge in [-0.25, -0.2) is 0 Å². The molecule has 2 rings (SSSR count). The Hall–Kier alpha value is -0.830. The second-order valence-corrected chi connectivity index (χ2v) is 5.46. The van der Waals surface area contributed by atoms with Crippen LogP contribution < -0.4 is 4.74 Å². The van der Waals surface area contributed by atoms with Gasteiger partial charge in [-0.1, -0.05) is 41.3 Å². The van der Waals surface area contributed by atoms with E-state index in [4.69, 9.17) is 4.74 Å². The number of halogens is 1. The first-order chi connectivity index (χ1) is 8.25. The molecule has 92 valence electrons. The maximum absolute atomic E-state index is 11.9. The molecule has 1 saturated carbocycles. The quantitative estimate of drug-likeness (QED) is 0.840. The van der Waals surface area contributed by atoms with Crippen LogP contribution in [0.5, 0.6) is 5.75 Å². The number of hydrogen-bond acceptors (Lipinski definition) is 2. The Bertz CT molecular complexity index is 384. The van der Waals surface area contributed by atoms with Crippen LogP contribution in [0.25, 0.3) is 0 Å². The second kappa shape index (κ2) is 6.20. The topological polar surface area (TPSA) is 26.3 Å². The average Bonchev–Trinajstić information content (AvgIpc) is 2.37. The molecule has 0 bridgehead atoms. The van der Waals surface area contributed by atoms with E-state index in [1.54, 1.807) is 0 Å². The molecule has 1 aliphatic rings. The van der Waals surface area contributed by atoms with Gasteiger partial charge in [0.25, 0.3) is 0 Å². The lowest BCUT2D eigenvalue weighted by Crippen LogP contribution is -2.23. The minimum Gasteiger partial charge on any atom is -0.486 e. The number of carbonyl (C=O) groups is 1. The lowest BCUT2D eigenvalue weighted by atomic mass is 9.86. The molecule has 0 spiro atoms. The largest absolute Gasteiger partial charge is 0.486 e. The molecule has 0 radical (unpaired) electrons. The van der Waals surface area contributed by atoms with E-state index in [0.717, 1.165) is 23.1 Å². The van der Waals surface area contributed by atoms with Gasteiger partial charge in [-0.15, -0.1) is 0 Å². The highest BCUT2D eigenvalue weighted by molar-refractivity contribution is 9.10. The van der Waals surface area contributed by atoms with Crippen molar-refractivity contribution >= 4 is 21.7 Å². The minimum atomic E-state index is 0.209. The van der Waals surface area contributed by atoms with E-state index < -0.39 is 0 Å². The first-order valence-corrected chi connectivity index (χ1v) is 6.96. The van der Waals surface area contributed by atoms with E-state index in [1.807, 2.05) is 24.3 Å². The molecule has 0 aromatic heterocycles. The van der Waals surface area contributed by atoms with Crippen LogP contribution in [-0.4, -0.2) is 12.4 Å². The Morgan fingerprint density at radius 3 is 2.76 bits per heavy atom. The van der Waals surface area contributed by atoms with Crippen molar-refractivity contribution in [3.63, 3.8) is 0 Å². The fraction of sp³-hybridized carbons (Fsp3) is 0.500. The van der Waals surface area contributed by atoms with Crippen molar-refractivity contribution in [3.8, 4) is 5.75 Å². The molecule has 1 aromatic rings. The normalized spacial score (nSPS) is 16.8. The Kier molecular flexibility index (Phi) is 4.60. The van der Waals surface area contributed by atoms with Crippen LogP contribution in [0.3, 0.4) is 0 Å². The summed E-state index contributed by atoms with van der Waals surface area (Å²) >= 11 is 3.38. The molecule has 0 unspecified atom stereocenters. The van der Waals surface area contributed by atoms with Gasteiger partial charge in [0.2, 0.25) is 0 Å². The molecule has 17 heavy (non-hydrogen) atoms. The maximum Gasteiger partial charge on any atom is 0.173 e. The summed E-state index contributed by atoms with van der Waals surface area (Å²) in [6.45, 7) is 0.209. The maximum atomic E-state index is 11.9. The minimum absolute atomic E-state index is 0.209. The summed E-state index contributed by atoms with van der Waals surface area (Å²) in [6.07, 6.45) is 5.73. The number of ketones is 1. The van der Waals surface area contributed by atoms with Crippen molar-refractivity contribution in [1.82, 2.24) is 0 Å². The van der Waals surface area contributed by atoms with Gasteiger partial charge in [0.15, 0.2) is 5.78 Å². The molecule has 0 saturated heterocycles. The summed E-state index contributed by atoms with van der Waals surface area (Å²) < 4.78 is 6.49. The van der Waals surface area contributed by atoms with Crippen molar-refractivity contribution in [2.24, 2.45) is 5.92 Å². The smallest absolute Gasteiger partial charge is 0.173 e. The lowest BCUT2D eigenvalue weighted by Gasteiger charge is -2.20. The zero-order valence-corrected chi connectivity index (χ0v) is 11.4. The van der Waals surface area contributed by atoms with Gasteiger partial charge in [0.05, 0.1) is 0 Å². The van der Waals surface area contributed by atoms with E-state index in [2.05, 4.69) is 15.9 Å². The van der Waals surface area contributed by atoms with E-state index in [0.29, 0.717) is 0 Å². The third kappa shape index (κ3) is 3.84. The van der Waals surface area contributed by atoms with Gasteiger partial charge in [-0.2, -0.15) is 0 Å². The fourth-order valence-corrected chi connectivity index (χ4v) is 2.63. The highest BCUT2D eigenvalue weighted by Gasteiger charge is 2.21. The average molecular weight is 297 g/mol. The van der Waals surface area contributed by atoms with Crippen LogP contribution in [0, 0.1) is 5.92 Å². The van der Waals surface area contributed by atoms with Gasteiger partial charge < -0.3 is 4.74 Å². The molecular formula is C14H17BrO2. The van der Waals surface area contributed by atoms with Crippen LogP contribution in [-0.2, 0) is 4.79 Å². The number of hydrogen-bond donors (Lipinski definition) is 0. The van der Waals surface area contributed by atoms with Gasteiger partial charge in [-0.05, 0) is 31.0 Å². The lowest BCUT2D eigenvalue weighted by molar-refractivity contribution is -0.125. The van der Waals surface area contributed by atoms with Crippen LogP contribution in [0.15, 0.2) is 28.7 Å². The van der Waals surface area contributed by atoms with Crippen molar-refractivity contribution in [3.05, 3.63) is 28.7 Å². The summed E-state index contributed by atoms with van der Waals surface area (Å²) in [7, 11) is 0. The van der Waals surface area contributed by atoms with Gasteiger partial charge in [0, 0.05) is 10.4 Å². The Morgan fingerprint density at radius 2 is 2.06 bits per heavy atom. The first-order valence-electron chi connectivity index (χ1n) is 6.17. The van der Waals surface area contributed by atoms with Gasteiger partial charge >= 0.3 is 0 Å². The Morgan fingerprint density at radius 1 is 1.29 bits per heavy atom. The number of Topliss-reactive ketones (excluding diaryl/α,β-unsaturated/α-hetero) is 1. The first kappa shape index (κ1) is 12.6. The zero-order chi connectivity index (χ0) is 12.1. The third-order valence-corrected chi connectivity index (χ3v) is 3.73. The summed E-state index contributed by atoms with van der Waals surface area (Å²) in [5.74, 6) is 1.24. The van der Waals surface area contributed by atoms with Crippen molar-refractivity contribution in [2.45, 2.75) is 32.1 Å². The molecule has 2 nitrogen and oxygen atoms in total. The van der Waals surface area contributed by atoms with Gasteiger partial charge in [-0.3, -0.25) is 4.79 Å². The van der Waals surface area contributed by atoms with Crippen LogP contribution in [0.1, 0.15) is 32.1 Å². The molecule has 0 N–H and O–H groups in total. The molecule has 0 heterocycles. The summed E-state index contributed by atoms with van der Waals surface area (Å²) in [4.78, 5) is 11.9. The van der Waals surface area contributed by atoms with E-state index in [-0.39, 0.29) is 18.3 Å². The number of benzene rings is 1. The van der Waals surface area contributed by atoms with Crippen LogP contribution in [0.2, 0.25) is 0 Å². The molecule has 0 aliphatic heterocycles. The summed E-state index contributed by atoms with van der Waals surface area (Å²) in [5, 5.41) is 0. The van der Waals surface area contributed by atoms with E-state index in [9.17, 15) is 4.79 Å². The molecule has 3 heteroatoms. The highest BCUT2D eigenvalue weighted by atomic mass is 79.9. The Balaban J connectivity index is 1.83. The highest BCUT2D eigenvalue weighted by Crippen LogP contribution is 2.25. The molecule has 1 aromatic carbocycles. The fourth-order valence-electron chi connectivity index (χ4n) is 2.25. The van der Waals surface area contributed by atoms with Crippen LogP contribution >= 0.6 is 15.9 Å². The zero-order valence-electron chi connectivity index (χ0n) is 9.82. The van der Waals surface area contributed by atoms with Crippen molar-refractivity contribution < 1.29 is 9.53 Å². The van der Waals surface area contributed by atoms with Crippen molar-refractivity contribution in [1.29, 1.82) is 0 Å². The van der Waals surface area contributed by atoms with E-state index in [1.165, 1.54) is 19.3 Å². The molecule has 0 atom stereocenters. The predicted molar refractivity (Wildman–Crippen MR) is 71.2 cm³/mol. The van der Waals surface area contributed by atoms with Gasteiger partial charge in [0.1, 0.15) is 12.4 Å². The second-order valence-electron chi connectivity index (χ2n) is 4.55. The molecule has 0 amide bonds. The molecule has 1 aliphatic carbocycles. The van der Waals surface area contributed by atoms with Crippen LogP contribution in [0.4, 0.5) is 0 Å².